The fourth-order valence-corrected chi connectivity index (χ4v) is 7.85. The van der Waals surface area contributed by atoms with Crippen LogP contribution in [0.25, 0.3) is 10.8 Å². The summed E-state index contributed by atoms with van der Waals surface area (Å²) in [7, 11) is -2.43. The van der Waals surface area contributed by atoms with E-state index in [2.05, 4.69) is 26.9 Å². The number of hydrogen-bond donors (Lipinski definition) is 3. The minimum Gasteiger partial charge on any atom is -0.497 e. The number of pyridine rings is 1. The number of rotatable bonds is 14. The van der Waals surface area contributed by atoms with E-state index in [-0.39, 0.29) is 25.3 Å². The number of allylic oxidation sites excluding steroid dienone is 1. The summed E-state index contributed by atoms with van der Waals surface area (Å²) in [6.45, 7) is 15.9. The van der Waals surface area contributed by atoms with Crippen LogP contribution in [0.1, 0.15) is 87.0 Å². The smallest absolute Gasteiger partial charge is 0.408 e. The number of benzene rings is 1. The molecule has 52 heavy (non-hydrogen) atoms. The van der Waals surface area contributed by atoms with Crippen LogP contribution in [-0.4, -0.2) is 90.3 Å². The van der Waals surface area contributed by atoms with Gasteiger partial charge >= 0.3 is 6.09 Å². The molecule has 2 heterocycles. The summed E-state index contributed by atoms with van der Waals surface area (Å²) >= 11 is 0. The third kappa shape index (κ3) is 9.52. The molecule has 286 valence electrons. The Morgan fingerprint density at radius 3 is 2.37 bits per heavy atom. The maximum absolute atomic E-state index is 14.4. The lowest BCUT2D eigenvalue weighted by Crippen LogP contribution is -2.59. The van der Waals surface area contributed by atoms with Gasteiger partial charge < -0.3 is 29.7 Å². The number of ether oxygens (including phenoxy) is 3. The molecule has 0 spiro atoms. The predicted octanol–water partition coefficient (Wildman–Crippen LogP) is 4.37. The van der Waals surface area contributed by atoms with Crippen molar-refractivity contribution in [1.82, 2.24) is 25.2 Å². The molecule has 2 fully saturated rings. The Hall–Kier alpha value is -4.40. The second-order valence-corrected chi connectivity index (χ2v) is 17.6. The van der Waals surface area contributed by atoms with Crippen LogP contribution in [0.4, 0.5) is 4.79 Å². The fourth-order valence-electron chi connectivity index (χ4n) is 6.21. The number of hydrogen-bond acceptors (Lipinski definition) is 10. The molecule has 1 aromatic heterocycles. The molecule has 4 rings (SSSR count). The molecule has 3 N–H and O–H groups in total. The molecule has 1 saturated carbocycles. The minimum atomic E-state index is -3.99. The molecule has 2 aromatic rings. The molecular formula is C37H53N5O9S. The van der Waals surface area contributed by atoms with Gasteiger partial charge in [-0.2, -0.15) is 0 Å². The summed E-state index contributed by atoms with van der Waals surface area (Å²) in [6.07, 6.45) is 3.27. The Kier molecular flexibility index (Phi) is 12.2. The van der Waals surface area contributed by atoms with E-state index >= 15 is 0 Å². The van der Waals surface area contributed by atoms with Crippen LogP contribution < -0.4 is 24.8 Å². The van der Waals surface area contributed by atoms with Gasteiger partial charge in [-0.25, -0.2) is 18.2 Å². The number of amides is 4. The van der Waals surface area contributed by atoms with Gasteiger partial charge in [-0.05, 0) is 87.9 Å². The molecule has 2 aliphatic rings. The van der Waals surface area contributed by atoms with Crippen molar-refractivity contribution in [3.05, 3.63) is 43.1 Å². The molecule has 4 amide bonds. The number of alkyl carbamates (subject to hydrolysis) is 1. The molecule has 1 saturated heterocycles. The zero-order valence-corrected chi connectivity index (χ0v) is 32.2. The lowest BCUT2D eigenvalue weighted by Gasteiger charge is -2.36. The third-order valence-electron chi connectivity index (χ3n) is 9.39. The van der Waals surface area contributed by atoms with Crippen molar-refractivity contribution >= 4 is 44.6 Å². The highest BCUT2D eigenvalue weighted by Crippen LogP contribution is 2.45. The molecule has 15 heteroatoms. The van der Waals surface area contributed by atoms with Crippen LogP contribution >= 0.6 is 0 Å². The van der Waals surface area contributed by atoms with Gasteiger partial charge in [0.05, 0.1) is 18.4 Å². The Morgan fingerprint density at radius 1 is 1.10 bits per heavy atom. The average Bonchev–Trinajstić information content (AvgIpc) is 3.77. The largest absolute Gasteiger partial charge is 0.497 e. The fraction of sp³-hybridized carbons (Fsp3) is 0.595. The van der Waals surface area contributed by atoms with Crippen molar-refractivity contribution in [1.29, 1.82) is 0 Å². The van der Waals surface area contributed by atoms with E-state index < -0.39 is 73.8 Å². The monoisotopic (exact) mass is 743 g/mol. The number of carbonyl (C=O) groups excluding carboxylic acids is 4. The molecule has 1 aliphatic heterocycles. The van der Waals surface area contributed by atoms with E-state index in [1.807, 2.05) is 12.1 Å². The number of aromatic nitrogens is 1. The van der Waals surface area contributed by atoms with Crippen LogP contribution in [0.15, 0.2) is 43.1 Å². The highest BCUT2D eigenvalue weighted by Gasteiger charge is 2.54. The van der Waals surface area contributed by atoms with E-state index in [1.165, 1.54) is 4.90 Å². The van der Waals surface area contributed by atoms with Gasteiger partial charge in [-0.15, -0.1) is 6.58 Å². The highest BCUT2D eigenvalue weighted by atomic mass is 32.2. The number of nitrogens with one attached hydrogen (secondary N) is 3. The van der Waals surface area contributed by atoms with Gasteiger partial charge in [0.25, 0.3) is 5.91 Å². The Morgan fingerprint density at radius 2 is 1.79 bits per heavy atom. The van der Waals surface area contributed by atoms with E-state index in [0.717, 1.165) is 5.39 Å². The van der Waals surface area contributed by atoms with Crippen molar-refractivity contribution in [2.45, 2.75) is 122 Å². The van der Waals surface area contributed by atoms with Crippen molar-refractivity contribution in [2.24, 2.45) is 5.41 Å². The molecule has 1 aromatic carbocycles. The van der Waals surface area contributed by atoms with Crippen molar-refractivity contribution < 1.29 is 41.8 Å². The summed E-state index contributed by atoms with van der Waals surface area (Å²) in [5, 5.41) is 6.91. The zero-order valence-electron chi connectivity index (χ0n) is 31.4. The molecule has 0 bridgehead atoms. The molecule has 2 unspecified atom stereocenters. The number of fused-ring (bicyclic) bond motifs is 1. The van der Waals surface area contributed by atoms with Gasteiger partial charge in [0.2, 0.25) is 27.7 Å². The maximum Gasteiger partial charge on any atom is 0.408 e. The second-order valence-electron chi connectivity index (χ2n) is 15.6. The van der Waals surface area contributed by atoms with E-state index in [0.29, 0.717) is 36.8 Å². The van der Waals surface area contributed by atoms with E-state index in [4.69, 9.17) is 14.2 Å². The molecule has 14 nitrogen and oxygen atoms in total. The number of carbonyl (C=O) groups is 4. The van der Waals surface area contributed by atoms with Gasteiger partial charge in [0, 0.05) is 18.0 Å². The number of sulfonamides is 1. The Balaban J connectivity index is 1.65. The van der Waals surface area contributed by atoms with Crippen LogP contribution in [0.3, 0.4) is 0 Å². The van der Waals surface area contributed by atoms with Crippen molar-refractivity contribution in [3.63, 3.8) is 0 Å². The third-order valence-corrected chi connectivity index (χ3v) is 11.7. The highest BCUT2D eigenvalue weighted by molar-refractivity contribution is 7.91. The van der Waals surface area contributed by atoms with Crippen molar-refractivity contribution in [2.75, 3.05) is 13.7 Å². The molecule has 1 aliphatic carbocycles. The van der Waals surface area contributed by atoms with Gasteiger partial charge in [0.15, 0.2) is 0 Å². The van der Waals surface area contributed by atoms with Gasteiger partial charge in [-0.3, -0.25) is 19.1 Å². The van der Waals surface area contributed by atoms with Crippen LogP contribution in [0, 0.1) is 5.41 Å². The first-order valence-electron chi connectivity index (χ1n) is 17.6. The maximum atomic E-state index is 14.4. The van der Waals surface area contributed by atoms with Gasteiger partial charge in [0.1, 0.15) is 35.6 Å². The SMILES string of the molecule is C=CCCC(NC(=O)C1C[C@@H](Oc2nccc3cc(OC)ccc23)CN1C(=O)[C@@H](NC(=O)OC(C)(C)C)C(C)(C)C)C(=O)NS(=O)(=O)C1(CC)CC1. The van der Waals surface area contributed by atoms with Gasteiger partial charge in [-0.1, -0.05) is 33.8 Å². The number of nitrogens with zero attached hydrogens (tertiary/aromatic N) is 2. The van der Waals surface area contributed by atoms with Crippen LogP contribution in [0.2, 0.25) is 0 Å². The minimum absolute atomic E-state index is 0.0160. The normalized spacial score (nSPS) is 19.6. The van der Waals surface area contributed by atoms with E-state index in [1.54, 1.807) is 80.0 Å². The quantitative estimate of drug-likeness (QED) is 0.235. The van der Waals surface area contributed by atoms with Crippen LogP contribution in [0.5, 0.6) is 11.6 Å². The molecule has 4 atom stereocenters. The molecule has 0 radical (unpaired) electrons. The summed E-state index contributed by atoms with van der Waals surface area (Å²) < 4.78 is 44.6. The topological polar surface area (TPSA) is 182 Å². The first kappa shape index (κ1) is 40.4. The Bertz CT molecular complexity index is 1780. The first-order valence-corrected chi connectivity index (χ1v) is 19.1. The number of methoxy groups -OCH3 is 1. The predicted molar refractivity (Wildman–Crippen MR) is 196 cm³/mol. The summed E-state index contributed by atoms with van der Waals surface area (Å²) in [6, 6.07) is 3.71. The summed E-state index contributed by atoms with van der Waals surface area (Å²) in [5.41, 5.74) is -1.65. The molecular weight excluding hydrogens is 691 g/mol. The average molecular weight is 744 g/mol. The standard InChI is InChI=1S/C37H53N5O9S/c1-10-12-13-27(30(43)41-52(47,48)37(11-2)17-18-37)39-31(44)28-21-25(50-32-26-15-14-24(49-9)20-23(26)16-19-38-32)22-42(28)33(45)29(35(3,4)5)40-34(46)51-36(6,7)8/h10,14-16,19-20,25,27-29H,1,11-13,17-18,21-22H2,2-9H3,(H,39,44)(H,40,46)(H,41,43)/t25-,27?,28?,29-/m1/s1. The zero-order chi connectivity index (χ0) is 38.6. The summed E-state index contributed by atoms with van der Waals surface area (Å²) in [5.74, 6) is -1.18. The number of likely N-dealkylation sites (tertiary alicyclic amines) is 1. The van der Waals surface area contributed by atoms with Crippen LogP contribution in [-0.2, 0) is 29.1 Å². The lowest BCUT2D eigenvalue weighted by atomic mass is 9.85. The Labute approximate surface area is 306 Å². The summed E-state index contributed by atoms with van der Waals surface area (Å²) in [4.78, 5) is 60.7. The second kappa shape index (κ2) is 15.7. The first-order chi connectivity index (χ1) is 24.2. The lowest BCUT2D eigenvalue weighted by molar-refractivity contribution is -0.142. The van der Waals surface area contributed by atoms with E-state index in [9.17, 15) is 27.6 Å². The van der Waals surface area contributed by atoms with Crippen molar-refractivity contribution in [3.8, 4) is 11.6 Å².